The van der Waals surface area contributed by atoms with E-state index in [0.717, 1.165) is 6.42 Å². The van der Waals surface area contributed by atoms with Crippen LogP contribution >= 0.6 is 42.5 Å². The molecule has 0 radical (unpaired) electrons. The number of aryl methyl sites for hydroxylation is 1. The van der Waals surface area contributed by atoms with Crippen LogP contribution in [0.2, 0.25) is 0 Å². The van der Waals surface area contributed by atoms with Crippen LogP contribution in [0.3, 0.4) is 0 Å². The van der Waals surface area contributed by atoms with Crippen molar-refractivity contribution in [3.8, 4) is 0 Å². The minimum atomic E-state index is -1.68. The van der Waals surface area contributed by atoms with Crippen molar-refractivity contribution < 1.29 is 0 Å². The van der Waals surface area contributed by atoms with Crippen molar-refractivity contribution in [3.63, 3.8) is 0 Å². The van der Waals surface area contributed by atoms with Gasteiger partial charge in [0.1, 0.15) is 0 Å². The van der Waals surface area contributed by atoms with E-state index in [1.54, 1.807) is 0 Å². The third-order valence-electron chi connectivity index (χ3n) is 9.98. The molecule has 0 aliphatic heterocycles. The molecule has 0 spiro atoms. The summed E-state index contributed by atoms with van der Waals surface area (Å²) in [5, 5.41) is 7.86. The quantitative estimate of drug-likeness (QED) is 0.109. The number of alkyl halides is 1. The summed E-state index contributed by atoms with van der Waals surface area (Å²) in [4.78, 5) is 2.46. The molecule has 250 valence electrons. The van der Waals surface area contributed by atoms with Crippen LogP contribution in [0.25, 0.3) is 51.1 Å². The Labute approximate surface area is 318 Å². The van der Waals surface area contributed by atoms with Gasteiger partial charge in [0.25, 0.3) is 0 Å². The Morgan fingerprint density at radius 3 is 1.77 bits per heavy atom. The number of benzene rings is 8. The van der Waals surface area contributed by atoms with Crippen LogP contribution in [-0.4, -0.2) is 4.43 Å². The van der Waals surface area contributed by atoms with Crippen LogP contribution in [0, 0.1) is 7.14 Å². The molecule has 0 saturated heterocycles. The van der Waals surface area contributed by atoms with Gasteiger partial charge in [0, 0.05) is 10.1 Å². The first kappa shape index (κ1) is 31.7. The molecule has 0 N–H and O–H groups in total. The Balaban J connectivity index is 1.10. The molecule has 2 aromatic heterocycles. The number of hydrogen-bond acceptors (Lipinski definition) is 3. The van der Waals surface area contributed by atoms with Crippen LogP contribution in [0.15, 0.2) is 182 Å². The van der Waals surface area contributed by atoms with Gasteiger partial charge in [-0.3, -0.25) is 0 Å². The van der Waals surface area contributed by atoms with E-state index in [1.807, 2.05) is 22.7 Å². The molecule has 0 saturated carbocycles. The molecule has 8 aromatic carbocycles. The Hall–Kier alpha value is -5.01. The topological polar surface area (TPSA) is 3.24 Å². The van der Waals surface area contributed by atoms with Gasteiger partial charge in [0.15, 0.2) is 0 Å². The molecule has 0 amide bonds. The number of thiophene rings is 2. The monoisotopic (exact) mass is 815 g/mol. The Kier molecular flexibility index (Phi) is 8.24. The fraction of sp³-hybridized carbons (Fsp3) is 0.0417. The number of rotatable bonds is 8. The van der Waals surface area contributed by atoms with Crippen molar-refractivity contribution in [2.75, 3.05) is 9.33 Å². The van der Waals surface area contributed by atoms with Crippen molar-refractivity contribution >= 4 is 111 Å². The molecule has 0 aliphatic rings. The molecule has 0 bridgehead atoms. The van der Waals surface area contributed by atoms with Crippen LogP contribution in [-0.2, 0) is 6.42 Å². The Morgan fingerprint density at radius 1 is 0.404 bits per heavy atom. The van der Waals surface area contributed by atoms with Gasteiger partial charge < -0.3 is 0 Å². The zero-order valence-corrected chi connectivity index (χ0v) is 32.2. The molecule has 10 aromatic rings. The van der Waals surface area contributed by atoms with Crippen molar-refractivity contribution in [1.29, 1.82) is 0 Å². The number of hydrogen-bond donors (Lipinski definition) is 0. The van der Waals surface area contributed by atoms with Gasteiger partial charge >= 0.3 is 281 Å². The van der Waals surface area contributed by atoms with Gasteiger partial charge in [-0.1, -0.05) is 24.3 Å². The summed E-state index contributed by atoms with van der Waals surface area (Å²) in [6.45, 7) is 0. The van der Waals surface area contributed by atoms with E-state index in [1.165, 1.54) is 85.3 Å². The minimum absolute atomic E-state index is 1.11. The first-order valence-electron chi connectivity index (χ1n) is 17.7. The molecule has 0 aliphatic carbocycles. The first-order valence-corrected chi connectivity index (χ1v) is 23.0. The molecule has 4 heteroatoms. The summed E-state index contributed by atoms with van der Waals surface area (Å²) < 4.78 is 9.61. The normalized spacial score (nSPS) is 12.0. The number of nitrogens with zero attached hydrogens (tertiary/aromatic N) is 1. The molecule has 10 rings (SSSR count). The fourth-order valence-electron chi connectivity index (χ4n) is 7.46. The van der Waals surface area contributed by atoms with Gasteiger partial charge in [0.2, 0.25) is 0 Å². The maximum atomic E-state index is 2.54. The van der Waals surface area contributed by atoms with Crippen molar-refractivity contribution in [3.05, 3.63) is 195 Å². The third kappa shape index (κ3) is 5.76. The molecule has 2 heterocycles. The van der Waals surface area contributed by atoms with Gasteiger partial charge in [0.05, 0.1) is 0 Å². The van der Waals surface area contributed by atoms with Gasteiger partial charge in [-0.15, -0.1) is 0 Å². The predicted molar refractivity (Wildman–Crippen MR) is 237 cm³/mol. The molecule has 1 nitrogen and oxygen atoms in total. The van der Waals surface area contributed by atoms with Crippen LogP contribution < -0.4 is 4.90 Å². The standard InChI is InChI=1S/C48H34INS2/c1-3-12-33(13-4-1)28-29-49(35-16-5-2-6-17-35)36-22-27-46-43(30-36)42-26-24-38(32-48(42)52-46)50(44-20-11-15-34-14-7-8-18-39(34)44)37-23-25-41-40-19-9-10-21-45(40)51-47(41)31-37/h1-27,30-32H,28-29H2. The number of anilines is 3. The van der Waals surface area contributed by atoms with Gasteiger partial charge in [-0.2, -0.15) is 0 Å². The first-order chi connectivity index (χ1) is 25.8. The second kappa shape index (κ2) is 13.5. The van der Waals surface area contributed by atoms with E-state index in [9.17, 15) is 0 Å². The maximum absolute atomic E-state index is 2.54. The van der Waals surface area contributed by atoms with Crippen molar-refractivity contribution in [1.82, 2.24) is 0 Å². The third-order valence-corrected chi connectivity index (χ3v) is 18.3. The second-order valence-electron chi connectivity index (χ2n) is 13.1. The summed E-state index contributed by atoms with van der Waals surface area (Å²) in [5.41, 5.74) is 4.97. The van der Waals surface area contributed by atoms with E-state index < -0.39 is 19.8 Å². The second-order valence-corrected chi connectivity index (χ2v) is 20.9. The summed E-state index contributed by atoms with van der Waals surface area (Å²) >= 11 is 2.11. The van der Waals surface area contributed by atoms with Crippen molar-refractivity contribution in [2.24, 2.45) is 0 Å². The zero-order chi connectivity index (χ0) is 34.4. The molecular formula is C48H34INS2. The summed E-state index contributed by atoms with van der Waals surface area (Å²) in [5.74, 6) is 0. The zero-order valence-electron chi connectivity index (χ0n) is 28.4. The predicted octanol–water partition coefficient (Wildman–Crippen LogP) is 14.8. The molecule has 52 heavy (non-hydrogen) atoms. The number of fused-ring (bicyclic) bond motifs is 7. The van der Waals surface area contributed by atoms with E-state index in [2.05, 4.69) is 187 Å². The molecule has 0 fully saturated rings. The average Bonchev–Trinajstić information content (AvgIpc) is 3.76. The van der Waals surface area contributed by atoms with Gasteiger partial charge in [-0.25, -0.2) is 0 Å². The van der Waals surface area contributed by atoms with E-state index in [-0.39, 0.29) is 0 Å². The fourth-order valence-corrected chi connectivity index (χ4v) is 15.4. The molecular weight excluding hydrogens is 782 g/mol. The Bertz CT molecular complexity index is 2870. The average molecular weight is 816 g/mol. The summed E-state index contributed by atoms with van der Waals surface area (Å²) in [7, 11) is 0. The van der Waals surface area contributed by atoms with Crippen LogP contribution in [0.1, 0.15) is 5.56 Å². The summed E-state index contributed by atoms with van der Waals surface area (Å²) in [6, 6.07) is 67.9. The van der Waals surface area contributed by atoms with E-state index >= 15 is 0 Å². The molecule has 0 atom stereocenters. The Morgan fingerprint density at radius 2 is 1.00 bits per heavy atom. The summed E-state index contributed by atoms with van der Waals surface area (Å²) in [6.07, 6.45) is 1.11. The SMILES string of the molecule is c1ccc(CCI(c2ccccc2)c2ccc3sc4cc(N(c5ccc6c(c5)sc5ccccc56)c5cccc6ccccc56)ccc4c3c2)cc1. The molecule has 0 unspecified atom stereocenters. The van der Waals surface area contributed by atoms with Gasteiger partial charge in [-0.05, 0) is 6.07 Å². The van der Waals surface area contributed by atoms with Crippen LogP contribution in [0.5, 0.6) is 0 Å². The van der Waals surface area contributed by atoms with E-state index in [0.29, 0.717) is 0 Å². The van der Waals surface area contributed by atoms with Crippen LogP contribution in [0.4, 0.5) is 17.1 Å². The van der Waals surface area contributed by atoms with E-state index in [4.69, 9.17) is 0 Å². The number of halogens is 1. The van der Waals surface area contributed by atoms with Crippen molar-refractivity contribution in [2.45, 2.75) is 6.42 Å².